The van der Waals surface area contributed by atoms with Crippen molar-refractivity contribution in [3.63, 3.8) is 0 Å². The van der Waals surface area contributed by atoms with Gasteiger partial charge in [-0.2, -0.15) is 5.10 Å². The molecule has 5 heteroatoms. The highest BCUT2D eigenvalue weighted by Crippen LogP contribution is 2.14. The molecule has 0 aliphatic rings. The van der Waals surface area contributed by atoms with Crippen LogP contribution in [-0.4, -0.2) is 17.1 Å². The van der Waals surface area contributed by atoms with E-state index in [2.05, 4.69) is 29.6 Å². The number of thiocarbonyl (C=S) groups is 1. The lowest BCUT2D eigenvalue weighted by Crippen LogP contribution is -2.11. The lowest BCUT2D eigenvalue weighted by Gasteiger charge is -2.06. The third-order valence-corrected chi connectivity index (χ3v) is 5.50. The number of benzene rings is 2. The number of ether oxygens (including phenoxy) is 1. The van der Waals surface area contributed by atoms with Gasteiger partial charge in [-0.15, -0.1) is 0 Å². The first-order chi connectivity index (χ1) is 13.8. The largest absolute Gasteiger partial charge is 0.494 e. The fraction of sp³-hybridized carbons (Fsp3) is 0.391. The molecule has 2 aromatic rings. The molecule has 0 heterocycles. The third kappa shape index (κ3) is 9.90. The molecule has 3 nitrogen and oxygen atoms in total. The normalized spacial score (nSPS) is 10.9. The van der Waals surface area contributed by atoms with Gasteiger partial charge in [0.05, 0.1) is 12.8 Å². The molecule has 0 saturated carbocycles. The maximum absolute atomic E-state index is 5.80. The van der Waals surface area contributed by atoms with Crippen molar-refractivity contribution in [2.45, 2.75) is 51.2 Å². The molecule has 0 atom stereocenters. The Morgan fingerprint density at radius 2 is 1.71 bits per heavy atom. The summed E-state index contributed by atoms with van der Waals surface area (Å²) in [7, 11) is 0. The van der Waals surface area contributed by atoms with Gasteiger partial charge in [-0.1, -0.05) is 93.3 Å². The molecule has 0 aromatic heterocycles. The molecule has 2 rings (SSSR count). The maximum atomic E-state index is 5.80. The van der Waals surface area contributed by atoms with Gasteiger partial charge in [0, 0.05) is 5.75 Å². The molecule has 2 aromatic carbocycles. The van der Waals surface area contributed by atoms with E-state index in [4.69, 9.17) is 17.0 Å². The van der Waals surface area contributed by atoms with Gasteiger partial charge >= 0.3 is 0 Å². The topological polar surface area (TPSA) is 33.6 Å². The van der Waals surface area contributed by atoms with Crippen molar-refractivity contribution in [2.75, 3.05) is 6.61 Å². The Kier molecular flexibility index (Phi) is 11.4. The lowest BCUT2D eigenvalue weighted by molar-refractivity contribution is 0.304. The summed E-state index contributed by atoms with van der Waals surface area (Å²) >= 11 is 6.87. The van der Waals surface area contributed by atoms with Gasteiger partial charge in [0.1, 0.15) is 5.75 Å². The minimum Gasteiger partial charge on any atom is -0.494 e. The van der Waals surface area contributed by atoms with Crippen molar-refractivity contribution < 1.29 is 4.74 Å². The molecule has 0 bridgehead atoms. The predicted molar refractivity (Wildman–Crippen MR) is 126 cm³/mol. The molecule has 0 fully saturated rings. The number of nitrogens with one attached hydrogen (secondary N) is 1. The summed E-state index contributed by atoms with van der Waals surface area (Å²) in [6.45, 7) is 3.03. The fourth-order valence-electron chi connectivity index (χ4n) is 2.64. The molecule has 0 aliphatic carbocycles. The molecule has 150 valence electrons. The molecule has 1 N–H and O–H groups in total. The number of hydrogen-bond acceptors (Lipinski definition) is 4. The second-order valence-corrected chi connectivity index (χ2v) is 8.27. The van der Waals surface area contributed by atoms with Gasteiger partial charge in [-0.25, -0.2) is 0 Å². The molecule has 0 unspecified atom stereocenters. The van der Waals surface area contributed by atoms with E-state index in [1.807, 2.05) is 42.5 Å². The summed E-state index contributed by atoms with van der Waals surface area (Å²) in [5, 5.41) is 4.22. The van der Waals surface area contributed by atoms with Gasteiger partial charge in [-0.3, -0.25) is 5.43 Å². The summed E-state index contributed by atoms with van der Waals surface area (Å²) in [4.78, 5) is 0. The van der Waals surface area contributed by atoms with Gasteiger partial charge in [0.2, 0.25) is 0 Å². The van der Waals surface area contributed by atoms with E-state index < -0.39 is 0 Å². The second-order valence-electron chi connectivity index (χ2n) is 6.62. The second kappa shape index (κ2) is 14.2. The minimum atomic E-state index is 0.666. The Morgan fingerprint density at radius 3 is 2.46 bits per heavy atom. The Balaban J connectivity index is 1.61. The van der Waals surface area contributed by atoms with Crippen molar-refractivity contribution in [1.29, 1.82) is 0 Å². The molecule has 0 saturated heterocycles. The number of nitrogens with zero attached hydrogens (tertiary/aromatic N) is 1. The van der Waals surface area contributed by atoms with E-state index in [-0.39, 0.29) is 0 Å². The molecule has 0 spiro atoms. The number of hydrazone groups is 1. The van der Waals surface area contributed by atoms with Gasteiger partial charge in [0.25, 0.3) is 0 Å². The zero-order valence-electron chi connectivity index (χ0n) is 16.6. The van der Waals surface area contributed by atoms with Crippen LogP contribution in [0.3, 0.4) is 0 Å². The van der Waals surface area contributed by atoms with Gasteiger partial charge in [-0.05, 0) is 41.8 Å². The minimum absolute atomic E-state index is 0.666. The van der Waals surface area contributed by atoms with Crippen LogP contribution in [0.4, 0.5) is 0 Å². The smallest absolute Gasteiger partial charge is 0.154 e. The third-order valence-electron chi connectivity index (χ3n) is 4.23. The number of hydrogen-bond donors (Lipinski definition) is 1. The van der Waals surface area contributed by atoms with E-state index in [1.54, 1.807) is 18.0 Å². The van der Waals surface area contributed by atoms with Crippen molar-refractivity contribution in [3.05, 3.63) is 65.7 Å². The van der Waals surface area contributed by atoms with E-state index in [0.717, 1.165) is 30.1 Å². The molecule has 0 radical (unpaired) electrons. The average molecular weight is 415 g/mol. The Labute approximate surface area is 179 Å². The lowest BCUT2D eigenvalue weighted by atomic mass is 10.1. The first-order valence-electron chi connectivity index (χ1n) is 10.0. The summed E-state index contributed by atoms with van der Waals surface area (Å²) in [6.07, 6.45) is 9.42. The average Bonchev–Trinajstić information content (AvgIpc) is 2.73. The van der Waals surface area contributed by atoms with Crippen LogP contribution < -0.4 is 10.2 Å². The van der Waals surface area contributed by atoms with E-state index in [1.165, 1.54) is 37.7 Å². The highest BCUT2D eigenvalue weighted by atomic mass is 32.2. The number of thioether (sulfide) groups is 1. The summed E-state index contributed by atoms with van der Waals surface area (Å²) in [6, 6.07) is 18.2. The Bertz CT molecular complexity index is 702. The highest BCUT2D eigenvalue weighted by Gasteiger charge is 1.98. The molecular formula is C23H30N2OS2. The fourth-order valence-corrected chi connectivity index (χ4v) is 3.47. The van der Waals surface area contributed by atoms with Crippen LogP contribution in [-0.2, 0) is 5.75 Å². The van der Waals surface area contributed by atoms with Gasteiger partial charge < -0.3 is 4.74 Å². The van der Waals surface area contributed by atoms with Crippen LogP contribution in [0.25, 0.3) is 0 Å². The van der Waals surface area contributed by atoms with Crippen LogP contribution in [0.15, 0.2) is 59.7 Å². The molecule has 28 heavy (non-hydrogen) atoms. The van der Waals surface area contributed by atoms with Crippen molar-refractivity contribution in [2.24, 2.45) is 5.10 Å². The SMILES string of the molecule is CCCCCCCCOc1ccc(/C=N\NC(=S)SCc2ccccc2)cc1. The van der Waals surface area contributed by atoms with E-state index >= 15 is 0 Å². The molecule has 0 aliphatic heterocycles. The zero-order chi connectivity index (χ0) is 19.9. The standard InChI is InChI=1S/C23H30N2OS2/c1-2-3-4-5-6-10-17-26-22-15-13-20(14-16-22)18-24-25-23(27)28-19-21-11-8-7-9-12-21/h7-9,11-16,18H,2-6,10,17,19H2,1H3,(H,25,27)/b24-18-. The predicted octanol–water partition coefficient (Wildman–Crippen LogP) is 6.57. The molecular weight excluding hydrogens is 384 g/mol. The summed E-state index contributed by atoms with van der Waals surface area (Å²) in [5.41, 5.74) is 5.17. The zero-order valence-corrected chi connectivity index (χ0v) is 18.2. The van der Waals surface area contributed by atoms with Crippen molar-refractivity contribution in [3.8, 4) is 5.75 Å². The Hall–Kier alpha value is -1.85. The monoisotopic (exact) mass is 414 g/mol. The highest BCUT2D eigenvalue weighted by molar-refractivity contribution is 8.22. The van der Waals surface area contributed by atoms with Crippen molar-refractivity contribution in [1.82, 2.24) is 5.43 Å². The summed E-state index contributed by atoms with van der Waals surface area (Å²) < 4.78 is 6.47. The molecule has 0 amide bonds. The van der Waals surface area contributed by atoms with E-state index in [0.29, 0.717) is 4.32 Å². The quantitative estimate of drug-likeness (QED) is 0.184. The maximum Gasteiger partial charge on any atom is 0.154 e. The Morgan fingerprint density at radius 1 is 1.00 bits per heavy atom. The first kappa shape index (κ1) is 22.4. The number of unbranched alkanes of at least 4 members (excludes halogenated alkanes) is 5. The van der Waals surface area contributed by atoms with Crippen LogP contribution >= 0.6 is 24.0 Å². The van der Waals surface area contributed by atoms with Crippen LogP contribution in [0.1, 0.15) is 56.6 Å². The van der Waals surface area contributed by atoms with Gasteiger partial charge in [0.15, 0.2) is 4.32 Å². The van der Waals surface area contributed by atoms with Crippen molar-refractivity contribution >= 4 is 34.5 Å². The van der Waals surface area contributed by atoms with Crippen LogP contribution in [0, 0.1) is 0 Å². The van der Waals surface area contributed by atoms with Crippen LogP contribution in [0.5, 0.6) is 5.75 Å². The summed E-state index contributed by atoms with van der Waals surface area (Å²) in [5.74, 6) is 1.75. The van der Waals surface area contributed by atoms with Crippen LogP contribution in [0.2, 0.25) is 0 Å². The first-order valence-corrected chi connectivity index (χ1v) is 11.4. The number of rotatable bonds is 12. The van der Waals surface area contributed by atoms with E-state index in [9.17, 15) is 0 Å².